The van der Waals surface area contributed by atoms with Gasteiger partial charge in [-0.05, 0) is 30.3 Å². The van der Waals surface area contributed by atoms with Crippen molar-refractivity contribution in [2.24, 2.45) is 7.05 Å². The maximum Gasteiger partial charge on any atom is 0.270 e. The van der Waals surface area contributed by atoms with Crippen LogP contribution in [0, 0.1) is 0 Å². The molecule has 0 aliphatic rings. The van der Waals surface area contributed by atoms with Crippen LogP contribution in [-0.4, -0.2) is 25.7 Å². The molecule has 6 heteroatoms. The third-order valence-corrected chi connectivity index (χ3v) is 3.19. The van der Waals surface area contributed by atoms with E-state index in [1.807, 2.05) is 31.3 Å². The number of aromatic nitrogens is 4. The third kappa shape index (κ3) is 3.01. The number of amides is 1. The highest BCUT2D eigenvalue weighted by atomic mass is 16.1. The summed E-state index contributed by atoms with van der Waals surface area (Å²) in [5.74, 6) is -0.217. The van der Waals surface area contributed by atoms with E-state index in [0.717, 1.165) is 17.1 Å². The summed E-state index contributed by atoms with van der Waals surface area (Å²) < 4.78 is 1.75. The minimum Gasteiger partial charge on any atom is -0.345 e. The second-order valence-electron chi connectivity index (χ2n) is 4.76. The van der Waals surface area contributed by atoms with Crippen LogP contribution in [0.3, 0.4) is 0 Å². The van der Waals surface area contributed by atoms with Gasteiger partial charge < -0.3 is 5.32 Å². The molecule has 0 aliphatic carbocycles. The number of pyridine rings is 2. The van der Waals surface area contributed by atoms with Crippen molar-refractivity contribution in [2.45, 2.75) is 6.54 Å². The molecule has 0 atom stereocenters. The van der Waals surface area contributed by atoms with E-state index in [1.54, 1.807) is 35.3 Å². The standard InChI is InChI=1S/C16H15N5O/c1-21-15(13-6-2-4-8-17-13)10-12(20-21)11-19-16(22)14-7-3-5-9-18-14/h2-10H,11H2,1H3,(H,19,22). The van der Waals surface area contributed by atoms with Gasteiger partial charge in [0.2, 0.25) is 0 Å². The lowest BCUT2D eigenvalue weighted by molar-refractivity contribution is 0.0945. The first-order valence-corrected chi connectivity index (χ1v) is 6.87. The number of carbonyl (C=O) groups is 1. The molecule has 0 saturated heterocycles. The second kappa shape index (κ2) is 6.17. The minimum absolute atomic E-state index is 0.217. The number of nitrogens with zero attached hydrogens (tertiary/aromatic N) is 4. The first-order valence-electron chi connectivity index (χ1n) is 6.87. The Morgan fingerprint density at radius 2 is 1.91 bits per heavy atom. The first kappa shape index (κ1) is 13.9. The minimum atomic E-state index is -0.217. The molecule has 0 aromatic carbocycles. The van der Waals surface area contributed by atoms with E-state index in [2.05, 4.69) is 20.4 Å². The molecular formula is C16H15N5O. The van der Waals surface area contributed by atoms with Gasteiger partial charge in [0, 0.05) is 19.4 Å². The number of carbonyl (C=O) groups excluding carboxylic acids is 1. The molecule has 110 valence electrons. The molecular weight excluding hydrogens is 278 g/mol. The van der Waals surface area contributed by atoms with Crippen LogP contribution in [0.25, 0.3) is 11.4 Å². The Hall–Kier alpha value is -3.02. The van der Waals surface area contributed by atoms with Crippen molar-refractivity contribution in [3.05, 3.63) is 66.2 Å². The highest BCUT2D eigenvalue weighted by Crippen LogP contribution is 2.16. The lowest BCUT2D eigenvalue weighted by atomic mass is 10.2. The van der Waals surface area contributed by atoms with E-state index in [1.165, 1.54) is 0 Å². The molecule has 22 heavy (non-hydrogen) atoms. The average Bonchev–Trinajstić information content (AvgIpc) is 2.95. The summed E-state index contributed by atoms with van der Waals surface area (Å²) in [4.78, 5) is 20.3. The van der Waals surface area contributed by atoms with E-state index in [4.69, 9.17) is 0 Å². The first-order chi connectivity index (χ1) is 10.7. The molecule has 0 unspecified atom stereocenters. The van der Waals surface area contributed by atoms with Gasteiger partial charge in [-0.25, -0.2) is 0 Å². The van der Waals surface area contributed by atoms with E-state index >= 15 is 0 Å². The maximum absolute atomic E-state index is 12.0. The smallest absolute Gasteiger partial charge is 0.270 e. The Morgan fingerprint density at radius 1 is 1.14 bits per heavy atom. The molecule has 0 bridgehead atoms. The summed E-state index contributed by atoms with van der Waals surface area (Å²) in [6.07, 6.45) is 3.33. The lowest BCUT2D eigenvalue weighted by Gasteiger charge is -2.01. The summed E-state index contributed by atoms with van der Waals surface area (Å²) in [7, 11) is 1.86. The van der Waals surface area contributed by atoms with Crippen molar-refractivity contribution >= 4 is 5.91 Å². The number of rotatable bonds is 4. The zero-order valence-corrected chi connectivity index (χ0v) is 12.1. The maximum atomic E-state index is 12.0. The van der Waals surface area contributed by atoms with Crippen LogP contribution in [0.5, 0.6) is 0 Å². The fourth-order valence-corrected chi connectivity index (χ4v) is 2.13. The molecule has 1 N–H and O–H groups in total. The molecule has 1 amide bonds. The largest absolute Gasteiger partial charge is 0.345 e. The second-order valence-corrected chi connectivity index (χ2v) is 4.76. The van der Waals surface area contributed by atoms with Gasteiger partial charge in [0.15, 0.2) is 0 Å². The van der Waals surface area contributed by atoms with Gasteiger partial charge >= 0.3 is 0 Å². The van der Waals surface area contributed by atoms with Crippen LogP contribution in [0.2, 0.25) is 0 Å². The molecule has 0 radical (unpaired) electrons. The molecule has 3 aromatic rings. The Balaban J connectivity index is 1.71. The molecule has 3 heterocycles. The van der Waals surface area contributed by atoms with Crippen molar-refractivity contribution in [3.63, 3.8) is 0 Å². The molecule has 3 aromatic heterocycles. The van der Waals surface area contributed by atoms with Crippen LogP contribution in [-0.2, 0) is 13.6 Å². The molecule has 6 nitrogen and oxygen atoms in total. The van der Waals surface area contributed by atoms with Crippen LogP contribution in [0.4, 0.5) is 0 Å². The predicted octanol–water partition coefficient (Wildman–Crippen LogP) is 1.81. The number of hydrogen-bond acceptors (Lipinski definition) is 4. The number of hydrogen-bond donors (Lipinski definition) is 1. The van der Waals surface area contributed by atoms with Crippen molar-refractivity contribution in [1.29, 1.82) is 0 Å². The van der Waals surface area contributed by atoms with Gasteiger partial charge in [0.25, 0.3) is 5.91 Å². The van der Waals surface area contributed by atoms with E-state index < -0.39 is 0 Å². The number of aryl methyl sites for hydroxylation is 1. The van der Waals surface area contributed by atoms with E-state index in [9.17, 15) is 4.79 Å². The van der Waals surface area contributed by atoms with E-state index in [0.29, 0.717) is 12.2 Å². The van der Waals surface area contributed by atoms with Gasteiger partial charge in [-0.3, -0.25) is 19.4 Å². The molecule has 0 spiro atoms. The fourth-order valence-electron chi connectivity index (χ4n) is 2.13. The summed E-state index contributed by atoms with van der Waals surface area (Å²) in [5, 5.41) is 7.20. The topological polar surface area (TPSA) is 72.7 Å². The van der Waals surface area contributed by atoms with Crippen molar-refractivity contribution < 1.29 is 4.79 Å². The van der Waals surface area contributed by atoms with Crippen LogP contribution >= 0.6 is 0 Å². The highest BCUT2D eigenvalue weighted by molar-refractivity contribution is 5.92. The quantitative estimate of drug-likeness (QED) is 0.796. The molecule has 3 rings (SSSR count). The van der Waals surface area contributed by atoms with Crippen molar-refractivity contribution in [2.75, 3.05) is 0 Å². The Bertz CT molecular complexity index is 768. The third-order valence-electron chi connectivity index (χ3n) is 3.19. The SMILES string of the molecule is Cn1nc(CNC(=O)c2ccccn2)cc1-c1ccccn1. The molecule has 0 fully saturated rings. The summed E-state index contributed by atoms with van der Waals surface area (Å²) >= 11 is 0. The Morgan fingerprint density at radius 3 is 2.59 bits per heavy atom. The summed E-state index contributed by atoms with van der Waals surface area (Å²) in [5.41, 5.74) is 2.92. The van der Waals surface area contributed by atoms with Gasteiger partial charge in [-0.1, -0.05) is 12.1 Å². The normalized spacial score (nSPS) is 10.4. The van der Waals surface area contributed by atoms with Crippen LogP contribution in [0.15, 0.2) is 54.9 Å². The molecule has 0 saturated carbocycles. The molecule has 0 aliphatic heterocycles. The Labute approximate surface area is 127 Å². The predicted molar refractivity (Wildman–Crippen MR) is 81.8 cm³/mol. The lowest BCUT2D eigenvalue weighted by Crippen LogP contribution is -2.23. The van der Waals surface area contributed by atoms with Crippen molar-refractivity contribution in [1.82, 2.24) is 25.1 Å². The van der Waals surface area contributed by atoms with Gasteiger partial charge in [0.05, 0.1) is 23.6 Å². The average molecular weight is 293 g/mol. The zero-order valence-electron chi connectivity index (χ0n) is 12.1. The highest BCUT2D eigenvalue weighted by Gasteiger charge is 2.10. The van der Waals surface area contributed by atoms with Gasteiger partial charge in [-0.15, -0.1) is 0 Å². The van der Waals surface area contributed by atoms with E-state index in [-0.39, 0.29) is 5.91 Å². The summed E-state index contributed by atoms with van der Waals surface area (Å²) in [6, 6.07) is 12.9. The van der Waals surface area contributed by atoms with Gasteiger partial charge in [-0.2, -0.15) is 5.10 Å². The van der Waals surface area contributed by atoms with Crippen molar-refractivity contribution in [3.8, 4) is 11.4 Å². The van der Waals surface area contributed by atoms with Crippen LogP contribution in [0.1, 0.15) is 16.2 Å². The van der Waals surface area contributed by atoms with Crippen LogP contribution < -0.4 is 5.32 Å². The Kier molecular flexibility index (Phi) is 3.91. The fraction of sp³-hybridized carbons (Fsp3) is 0.125. The van der Waals surface area contributed by atoms with Gasteiger partial charge in [0.1, 0.15) is 5.69 Å². The zero-order chi connectivity index (χ0) is 15.4. The summed E-state index contributed by atoms with van der Waals surface area (Å²) in [6.45, 7) is 0.343. The number of nitrogens with one attached hydrogen (secondary N) is 1. The monoisotopic (exact) mass is 293 g/mol.